The van der Waals surface area contributed by atoms with Gasteiger partial charge in [-0.2, -0.15) is 0 Å². The molecular weight excluding hydrogens is 410 g/mol. The van der Waals surface area contributed by atoms with Crippen molar-refractivity contribution in [2.24, 2.45) is 5.92 Å². The summed E-state index contributed by atoms with van der Waals surface area (Å²) in [5.41, 5.74) is 3.45. The molecule has 1 aromatic heterocycles. The number of ether oxygens (including phenoxy) is 1. The Labute approximate surface area is 196 Å². The molecule has 0 N–H and O–H groups in total. The van der Waals surface area contributed by atoms with Crippen molar-refractivity contribution < 1.29 is 9.53 Å². The zero-order chi connectivity index (χ0) is 22.6. The monoisotopic (exact) mass is 445 g/mol. The average Bonchev–Trinajstić information content (AvgIpc) is 3.52. The molecular formula is C28H35N3O2. The standard InChI is InChI=1S/C28H35N3O2/c1-2-30-20-23(24-11-3-5-13-26(24)30)19-29-15-9-10-22(18-29)21-33-27-14-6-4-12-25(27)28(32)31-16-7-8-17-31/h3-6,11-14,20,22H,2,7-10,15-19,21H2,1H3. The molecule has 2 aliphatic heterocycles. The lowest BCUT2D eigenvalue weighted by Gasteiger charge is -2.32. The molecule has 1 amide bonds. The van der Waals surface area contributed by atoms with Crippen LogP contribution in [0.4, 0.5) is 0 Å². The van der Waals surface area contributed by atoms with Crippen molar-refractivity contribution in [1.29, 1.82) is 0 Å². The number of fused-ring (bicyclic) bond motifs is 1. The molecule has 0 radical (unpaired) electrons. The first-order chi connectivity index (χ1) is 16.2. The van der Waals surface area contributed by atoms with Crippen LogP contribution in [-0.4, -0.2) is 53.1 Å². The first-order valence-corrected chi connectivity index (χ1v) is 12.5. The molecule has 3 aromatic rings. The maximum Gasteiger partial charge on any atom is 0.257 e. The van der Waals surface area contributed by atoms with Crippen molar-refractivity contribution in [3.63, 3.8) is 0 Å². The van der Waals surface area contributed by atoms with Crippen LogP contribution >= 0.6 is 0 Å². The minimum atomic E-state index is 0.112. The summed E-state index contributed by atoms with van der Waals surface area (Å²) in [5.74, 6) is 1.33. The quantitative estimate of drug-likeness (QED) is 0.502. The van der Waals surface area contributed by atoms with E-state index in [0.29, 0.717) is 18.1 Å². The third-order valence-corrected chi connectivity index (χ3v) is 7.19. The van der Waals surface area contributed by atoms with Gasteiger partial charge in [0.2, 0.25) is 0 Å². The Morgan fingerprint density at radius 3 is 2.64 bits per heavy atom. The van der Waals surface area contributed by atoms with E-state index < -0.39 is 0 Å². The highest BCUT2D eigenvalue weighted by Crippen LogP contribution is 2.27. The largest absolute Gasteiger partial charge is 0.492 e. The van der Waals surface area contributed by atoms with Gasteiger partial charge in [0.1, 0.15) is 5.75 Å². The highest BCUT2D eigenvalue weighted by Gasteiger charge is 2.25. The molecule has 174 valence electrons. The number of likely N-dealkylation sites (tertiary alicyclic amines) is 2. The fraction of sp³-hybridized carbons (Fsp3) is 0.464. The van der Waals surface area contributed by atoms with E-state index >= 15 is 0 Å². The number of carbonyl (C=O) groups excluding carboxylic acids is 1. The number of benzene rings is 2. The molecule has 5 heteroatoms. The minimum absolute atomic E-state index is 0.112. The first kappa shape index (κ1) is 22.0. The van der Waals surface area contributed by atoms with E-state index in [9.17, 15) is 4.79 Å². The summed E-state index contributed by atoms with van der Waals surface area (Å²) in [6, 6.07) is 16.5. The molecule has 2 fully saturated rings. The second-order valence-corrected chi connectivity index (χ2v) is 9.51. The Morgan fingerprint density at radius 2 is 1.79 bits per heavy atom. The molecule has 33 heavy (non-hydrogen) atoms. The van der Waals surface area contributed by atoms with Crippen molar-refractivity contribution >= 4 is 16.8 Å². The smallest absolute Gasteiger partial charge is 0.257 e. The van der Waals surface area contributed by atoms with E-state index in [4.69, 9.17) is 4.74 Å². The predicted octanol–water partition coefficient (Wildman–Crippen LogP) is 5.19. The summed E-state index contributed by atoms with van der Waals surface area (Å²) in [6.07, 6.45) is 6.89. The van der Waals surface area contributed by atoms with E-state index in [-0.39, 0.29) is 5.91 Å². The van der Waals surface area contributed by atoms with E-state index in [2.05, 4.69) is 46.9 Å². The number of aromatic nitrogens is 1. The number of piperidine rings is 1. The van der Waals surface area contributed by atoms with Gasteiger partial charge in [-0.15, -0.1) is 0 Å². The summed E-state index contributed by atoms with van der Waals surface area (Å²) < 4.78 is 8.62. The van der Waals surface area contributed by atoms with Crippen LogP contribution < -0.4 is 4.74 Å². The molecule has 1 unspecified atom stereocenters. The maximum absolute atomic E-state index is 12.9. The Morgan fingerprint density at radius 1 is 1.00 bits per heavy atom. The van der Waals surface area contributed by atoms with E-state index in [1.165, 1.54) is 29.3 Å². The van der Waals surface area contributed by atoms with Crippen LogP contribution in [0.3, 0.4) is 0 Å². The Bertz CT molecular complexity index is 1100. The molecule has 5 nitrogen and oxygen atoms in total. The van der Waals surface area contributed by atoms with Gasteiger partial charge >= 0.3 is 0 Å². The van der Waals surface area contributed by atoms with Crippen molar-refractivity contribution in [1.82, 2.24) is 14.4 Å². The number of aryl methyl sites for hydroxylation is 1. The fourth-order valence-corrected chi connectivity index (χ4v) is 5.45. The van der Waals surface area contributed by atoms with Crippen LogP contribution in [-0.2, 0) is 13.1 Å². The molecule has 0 saturated carbocycles. The van der Waals surface area contributed by atoms with Gasteiger partial charge in [0.15, 0.2) is 0 Å². The summed E-state index contributed by atoms with van der Waals surface area (Å²) in [4.78, 5) is 17.5. The van der Waals surface area contributed by atoms with Gasteiger partial charge in [0.05, 0.1) is 12.2 Å². The fourth-order valence-electron chi connectivity index (χ4n) is 5.45. The van der Waals surface area contributed by atoms with Crippen LogP contribution in [0.1, 0.15) is 48.5 Å². The van der Waals surface area contributed by atoms with Crippen LogP contribution in [0.5, 0.6) is 5.75 Å². The molecule has 1 atom stereocenters. The number of hydrogen-bond acceptors (Lipinski definition) is 3. The Hall–Kier alpha value is -2.79. The molecule has 0 aliphatic carbocycles. The number of para-hydroxylation sites is 2. The third-order valence-electron chi connectivity index (χ3n) is 7.19. The normalized spacial score (nSPS) is 19.3. The first-order valence-electron chi connectivity index (χ1n) is 12.5. The number of nitrogens with zero attached hydrogens (tertiary/aromatic N) is 3. The van der Waals surface area contributed by atoms with Crippen molar-refractivity contribution in [3.05, 3.63) is 65.9 Å². The lowest BCUT2D eigenvalue weighted by Crippen LogP contribution is -2.37. The van der Waals surface area contributed by atoms with Gasteiger partial charge in [-0.1, -0.05) is 30.3 Å². The highest BCUT2D eigenvalue weighted by molar-refractivity contribution is 5.97. The van der Waals surface area contributed by atoms with Gasteiger partial charge in [0.25, 0.3) is 5.91 Å². The highest BCUT2D eigenvalue weighted by atomic mass is 16.5. The third kappa shape index (κ3) is 4.79. The Kier molecular flexibility index (Phi) is 6.68. The number of hydrogen-bond donors (Lipinski definition) is 0. The molecule has 2 aliphatic rings. The topological polar surface area (TPSA) is 37.7 Å². The zero-order valence-corrected chi connectivity index (χ0v) is 19.7. The van der Waals surface area contributed by atoms with E-state index in [1.807, 2.05) is 29.2 Å². The Balaban J connectivity index is 1.23. The van der Waals surface area contributed by atoms with Gasteiger partial charge in [-0.3, -0.25) is 9.69 Å². The van der Waals surface area contributed by atoms with Crippen molar-refractivity contribution in [2.45, 2.75) is 45.7 Å². The molecule has 5 rings (SSSR count). The van der Waals surface area contributed by atoms with Gasteiger partial charge in [0, 0.05) is 55.7 Å². The van der Waals surface area contributed by atoms with Crippen molar-refractivity contribution in [2.75, 3.05) is 32.8 Å². The van der Waals surface area contributed by atoms with Crippen LogP contribution in [0, 0.1) is 5.92 Å². The number of amides is 1. The summed E-state index contributed by atoms with van der Waals surface area (Å²) in [6.45, 7) is 8.73. The number of carbonyl (C=O) groups is 1. The summed E-state index contributed by atoms with van der Waals surface area (Å²) in [7, 11) is 0. The predicted molar refractivity (Wildman–Crippen MR) is 133 cm³/mol. The average molecular weight is 446 g/mol. The summed E-state index contributed by atoms with van der Waals surface area (Å²) >= 11 is 0. The second-order valence-electron chi connectivity index (χ2n) is 9.51. The van der Waals surface area contributed by atoms with Crippen molar-refractivity contribution in [3.8, 4) is 5.75 Å². The van der Waals surface area contributed by atoms with Crippen LogP contribution in [0.25, 0.3) is 10.9 Å². The van der Waals surface area contributed by atoms with Gasteiger partial charge < -0.3 is 14.2 Å². The van der Waals surface area contributed by atoms with Gasteiger partial charge in [-0.05, 0) is 62.9 Å². The molecule has 0 spiro atoms. The molecule has 2 aromatic carbocycles. The van der Waals surface area contributed by atoms with Crippen LogP contribution in [0.15, 0.2) is 54.7 Å². The summed E-state index contributed by atoms with van der Waals surface area (Å²) in [5, 5.41) is 1.37. The zero-order valence-electron chi connectivity index (χ0n) is 19.7. The lowest BCUT2D eigenvalue weighted by atomic mass is 9.98. The second kappa shape index (κ2) is 10.0. The minimum Gasteiger partial charge on any atom is -0.492 e. The molecule has 0 bridgehead atoms. The van der Waals surface area contributed by atoms with Crippen LogP contribution in [0.2, 0.25) is 0 Å². The molecule has 3 heterocycles. The lowest BCUT2D eigenvalue weighted by molar-refractivity contribution is 0.0784. The number of rotatable bonds is 7. The SMILES string of the molecule is CCn1cc(CN2CCCC(COc3ccccc3C(=O)N3CCCC3)C2)c2ccccc21. The maximum atomic E-state index is 12.9. The van der Waals surface area contributed by atoms with E-state index in [1.54, 1.807) is 0 Å². The van der Waals surface area contributed by atoms with E-state index in [0.717, 1.165) is 57.9 Å². The molecule has 2 saturated heterocycles. The van der Waals surface area contributed by atoms with Gasteiger partial charge in [-0.25, -0.2) is 0 Å².